The molecular weight excluding hydrogens is 282 g/mol. The van der Waals surface area contributed by atoms with Gasteiger partial charge in [-0.1, -0.05) is 22.9 Å². The van der Waals surface area contributed by atoms with Crippen molar-refractivity contribution in [1.82, 2.24) is 4.90 Å². The van der Waals surface area contributed by atoms with Gasteiger partial charge in [-0.3, -0.25) is 4.79 Å². The third-order valence-electron chi connectivity index (χ3n) is 2.90. The summed E-state index contributed by atoms with van der Waals surface area (Å²) in [6, 6.07) is 5.39. The number of aromatic hydroxyl groups is 1. The molecule has 1 saturated carbocycles. The van der Waals surface area contributed by atoms with E-state index >= 15 is 0 Å². The highest BCUT2D eigenvalue weighted by Gasteiger charge is 2.33. The summed E-state index contributed by atoms with van der Waals surface area (Å²) in [7, 11) is 0. The van der Waals surface area contributed by atoms with Gasteiger partial charge in [0.2, 0.25) is 0 Å². The van der Waals surface area contributed by atoms with Crippen molar-refractivity contribution in [2.75, 3.05) is 6.54 Å². The van der Waals surface area contributed by atoms with E-state index in [2.05, 4.69) is 22.9 Å². The van der Waals surface area contributed by atoms with E-state index < -0.39 is 0 Å². The van der Waals surface area contributed by atoms with Crippen molar-refractivity contribution < 1.29 is 9.90 Å². The molecule has 1 aliphatic rings. The minimum Gasteiger partial charge on any atom is -0.507 e. The van der Waals surface area contributed by atoms with Gasteiger partial charge in [0, 0.05) is 17.1 Å². The lowest BCUT2D eigenvalue weighted by molar-refractivity contribution is 0.0740. The first-order chi connectivity index (χ1) is 8.13. The number of nitrogens with zero attached hydrogens (tertiary/aromatic N) is 1. The summed E-state index contributed by atoms with van der Waals surface area (Å²) in [5.41, 5.74) is 0.397. The van der Waals surface area contributed by atoms with Crippen molar-refractivity contribution >= 4 is 21.8 Å². The van der Waals surface area contributed by atoms with Crippen LogP contribution in [0.4, 0.5) is 0 Å². The summed E-state index contributed by atoms with van der Waals surface area (Å²) in [6.07, 6.45) is 3.12. The Labute approximate surface area is 110 Å². The van der Waals surface area contributed by atoms with Crippen LogP contribution < -0.4 is 0 Å². The zero-order chi connectivity index (χ0) is 12.4. The van der Waals surface area contributed by atoms with Gasteiger partial charge in [-0.15, -0.1) is 0 Å². The number of halogens is 1. The molecule has 2 rings (SSSR count). The van der Waals surface area contributed by atoms with Gasteiger partial charge in [0.05, 0.1) is 5.56 Å². The molecule has 0 bridgehead atoms. The molecule has 1 aromatic carbocycles. The van der Waals surface area contributed by atoms with Gasteiger partial charge in [0.1, 0.15) is 5.75 Å². The van der Waals surface area contributed by atoms with Gasteiger partial charge in [0.25, 0.3) is 5.91 Å². The molecule has 1 aliphatic carbocycles. The van der Waals surface area contributed by atoms with Crippen molar-refractivity contribution in [1.29, 1.82) is 0 Å². The molecule has 0 atom stereocenters. The lowest BCUT2D eigenvalue weighted by Crippen LogP contribution is -2.33. The van der Waals surface area contributed by atoms with E-state index in [-0.39, 0.29) is 11.7 Å². The fraction of sp³-hybridized carbons (Fsp3) is 0.462. The Bertz CT molecular complexity index is 429. The molecule has 0 spiro atoms. The largest absolute Gasteiger partial charge is 0.507 e. The van der Waals surface area contributed by atoms with Gasteiger partial charge in [-0.05, 0) is 37.5 Å². The zero-order valence-corrected chi connectivity index (χ0v) is 11.4. The van der Waals surface area contributed by atoms with E-state index in [1.54, 1.807) is 18.2 Å². The molecule has 1 aromatic rings. The van der Waals surface area contributed by atoms with Crippen LogP contribution >= 0.6 is 15.9 Å². The summed E-state index contributed by atoms with van der Waals surface area (Å²) in [5, 5.41) is 9.80. The number of carbonyl (C=O) groups is 1. The molecule has 1 fully saturated rings. The minimum absolute atomic E-state index is 0.0473. The molecule has 92 valence electrons. The molecule has 1 amide bonds. The molecule has 0 saturated heterocycles. The third kappa shape index (κ3) is 2.80. The first kappa shape index (κ1) is 12.4. The van der Waals surface area contributed by atoms with Crippen LogP contribution in [0.3, 0.4) is 0 Å². The zero-order valence-electron chi connectivity index (χ0n) is 9.82. The van der Waals surface area contributed by atoms with E-state index in [0.717, 1.165) is 30.3 Å². The van der Waals surface area contributed by atoms with Crippen LogP contribution in [0.25, 0.3) is 0 Å². The maximum Gasteiger partial charge on any atom is 0.257 e. The van der Waals surface area contributed by atoms with Gasteiger partial charge in [-0.2, -0.15) is 0 Å². The molecule has 0 aliphatic heterocycles. The normalized spacial score (nSPS) is 14.7. The van der Waals surface area contributed by atoms with Gasteiger partial charge >= 0.3 is 0 Å². The van der Waals surface area contributed by atoms with Crippen molar-refractivity contribution in [3.05, 3.63) is 28.2 Å². The second-order valence-electron chi connectivity index (χ2n) is 4.39. The molecule has 0 heterocycles. The highest BCUT2D eigenvalue weighted by molar-refractivity contribution is 9.10. The second kappa shape index (κ2) is 5.08. The number of rotatable bonds is 4. The predicted molar refractivity (Wildman–Crippen MR) is 70.2 cm³/mol. The van der Waals surface area contributed by atoms with Crippen molar-refractivity contribution in [3.63, 3.8) is 0 Å². The van der Waals surface area contributed by atoms with E-state index in [0.29, 0.717) is 11.6 Å². The fourth-order valence-corrected chi connectivity index (χ4v) is 2.27. The standard InChI is InChI=1S/C13H16BrNO2/c1-2-7-15(10-4-5-10)13(17)11-6-3-9(14)8-12(11)16/h3,6,8,10,16H,2,4-5,7H2,1H3. The molecule has 1 N–H and O–H groups in total. The first-order valence-electron chi connectivity index (χ1n) is 5.93. The summed E-state index contributed by atoms with van der Waals surface area (Å²) < 4.78 is 0.778. The smallest absolute Gasteiger partial charge is 0.257 e. The number of amides is 1. The molecule has 0 unspecified atom stereocenters. The fourth-order valence-electron chi connectivity index (χ4n) is 1.92. The van der Waals surface area contributed by atoms with Gasteiger partial charge < -0.3 is 10.0 Å². The number of hydrogen-bond acceptors (Lipinski definition) is 2. The monoisotopic (exact) mass is 297 g/mol. The summed E-state index contributed by atoms with van der Waals surface area (Å²) in [6.45, 7) is 2.82. The van der Waals surface area contributed by atoms with Crippen LogP contribution in [0.2, 0.25) is 0 Å². The van der Waals surface area contributed by atoms with Crippen molar-refractivity contribution in [2.24, 2.45) is 0 Å². The van der Waals surface area contributed by atoms with Gasteiger partial charge in [0.15, 0.2) is 0 Å². The Hall–Kier alpha value is -1.03. The van der Waals surface area contributed by atoms with E-state index in [1.807, 2.05) is 4.90 Å². The van der Waals surface area contributed by atoms with Crippen LogP contribution in [-0.4, -0.2) is 28.5 Å². The maximum atomic E-state index is 12.3. The quantitative estimate of drug-likeness (QED) is 0.927. The number of hydrogen-bond donors (Lipinski definition) is 1. The highest BCUT2D eigenvalue weighted by atomic mass is 79.9. The Morgan fingerprint density at radius 1 is 1.53 bits per heavy atom. The maximum absolute atomic E-state index is 12.3. The van der Waals surface area contributed by atoms with Crippen LogP contribution in [-0.2, 0) is 0 Å². The van der Waals surface area contributed by atoms with Crippen LogP contribution in [0.1, 0.15) is 36.5 Å². The third-order valence-corrected chi connectivity index (χ3v) is 3.40. The van der Waals surface area contributed by atoms with Gasteiger partial charge in [-0.25, -0.2) is 0 Å². The number of phenolic OH excluding ortho intramolecular Hbond substituents is 1. The SMILES string of the molecule is CCCN(C(=O)c1ccc(Br)cc1O)C1CC1. The topological polar surface area (TPSA) is 40.5 Å². The number of carbonyl (C=O) groups excluding carboxylic acids is 1. The van der Waals surface area contributed by atoms with Crippen LogP contribution in [0.15, 0.2) is 22.7 Å². The van der Waals surface area contributed by atoms with Crippen molar-refractivity contribution in [3.8, 4) is 5.75 Å². The Balaban J connectivity index is 2.22. The molecule has 4 heteroatoms. The lowest BCUT2D eigenvalue weighted by atomic mass is 10.1. The molecule has 0 aromatic heterocycles. The van der Waals surface area contributed by atoms with Crippen LogP contribution in [0, 0.1) is 0 Å². The predicted octanol–water partition coefficient (Wildman–Crippen LogP) is 3.17. The van der Waals surface area contributed by atoms with E-state index in [1.165, 1.54) is 0 Å². The average molecular weight is 298 g/mol. The highest BCUT2D eigenvalue weighted by Crippen LogP contribution is 2.31. The average Bonchev–Trinajstić information content (AvgIpc) is 3.09. The number of benzene rings is 1. The van der Waals surface area contributed by atoms with E-state index in [9.17, 15) is 9.90 Å². The van der Waals surface area contributed by atoms with E-state index in [4.69, 9.17) is 0 Å². The molecule has 0 radical (unpaired) electrons. The Kier molecular flexibility index (Phi) is 3.72. The Morgan fingerprint density at radius 2 is 2.24 bits per heavy atom. The molecular formula is C13H16BrNO2. The van der Waals surface area contributed by atoms with Crippen LogP contribution in [0.5, 0.6) is 5.75 Å². The summed E-state index contributed by atoms with van der Waals surface area (Å²) >= 11 is 3.27. The minimum atomic E-state index is -0.0562. The van der Waals surface area contributed by atoms with Crippen molar-refractivity contribution in [2.45, 2.75) is 32.2 Å². The summed E-state index contributed by atoms with van der Waals surface area (Å²) in [5.74, 6) is -0.00882. The molecule has 17 heavy (non-hydrogen) atoms. The number of phenols is 1. The second-order valence-corrected chi connectivity index (χ2v) is 5.31. The molecule has 3 nitrogen and oxygen atoms in total. The Morgan fingerprint density at radius 3 is 2.76 bits per heavy atom. The summed E-state index contributed by atoms with van der Waals surface area (Å²) in [4.78, 5) is 14.2. The lowest BCUT2D eigenvalue weighted by Gasteiger charge is -2.22. The first-order valence-corrected chi connectivity index (χ1v) is 6.72.